The molecule has 1 nitrogen and oxygen atoms in total. The van der Waals surface area contributed by atoms with Gasteiger partial charge in [-0.15, -0.1) is 11.6 Å². The zero-order valence-corrected chi connectivity index (χ0v) is 13.0. The lowest BCUT2D eigenvalue weighted by Crippen LogP contribution is -2.31. The number of benzene rings is 2. The number of anilines is 2. The summed E-state index contributed by atoms with van der Waals surface area (Å²) in [5.74, 6) is 1.12. The summed E-state index contributed by atoms with van der Waals surface area (Å²) in [7, 11) is 0. The first-order chi connectivity index (χ1) is 9.69. The molecule has 0 saturated carbocycles. The Hall–Kier alpha value is -1.18. The van der Waals surface area contributed by atoms with Gasteiger partial charge in [-0.2, -0.15) is 0 Å². The highest BCUT2D eigenvalue weighted by Crippen LogP contribution is 2.38. The maximum atomic E-state index is 6.19. The Morgan fingerprint density at radius 1 is 1.15 bits per heavy atom. The lowest BCUT2D eigenvalue weighted by molar-refractivity contribution is 0.562. The van der Waals surface area contributed by atoms with Crippen molar-refractivity contribution in [2.24, 2.45) is 5.92 Å². The van der Waals surface area contributed by atoms with Crippen LogP contribution in [0, 0.1) is 5.92 Å². The smallest absolute Gasteiger partial charge is 0.0494 e. The van der Waals surface area contributed by atoms with Crippen LogP contribution in [-0.4, -0.2) is 6.54 Å². The average Bonchev–Trinajstić information content (AvgIpc) is 2.46. The van der Waals surface area contributed by atoms with Crippen LogP contribution >= 0.6 is 23.2 Å². The van der Waals surface area contributed by atoms with Gasteiger partial charge in [-0.25, -0.2) is 0 Å². The lowest BCUT2D eigenvalue weighted by atomic mass is 9.93. The van der Waals surface area contributed by atoms with E-state index in [-0.39, 0.29) is 0 Å². The minimum Gasteiger partial charge on any atom is -0.341 e. The minimum absolute atomic E-state index is 0.500. The van der Waals surface area contributed by atoms with Crippen LogP contribution in [0.5, 0.6) is 0 Å². The predicted octanol–water partition coefficient (Wildman–Crippen LogP) is 5.41. The number of halogens is 2. The van der Waals surface area contributed by atoms with Crippen LogP contribution in [0.4, 0.5) is 11.4 Å². The zero-order valence-electron chi connectivity index (χ0n) is 11.4. The number of rotatable bonds is 2. The van der Waals surface area contributed by atoms with E-state index in [2.05, 4.69) is 36.1 Å². The number of alkyl halides is 1. The number of hydrogen-bond donors (Lipinski definition) is 0. The van der Waals surface area contributed by atoms with Gasteiger partial charge in [0.1, 0.15) is 0 Å². The molecule has 0 aliphatic carbocycles. The molecule has 1 unspecified atom stereocenters. The molecule has 2 aromatic carbocycles. The van der Waals surface area contributed by atoms with Crippen LogP contribution in [0.15, 0.2) is 42.5 Å². The van der Waals surface area contributed by atoms with E-state index in [1.165, 1.54) is 11.3 Å². The second-order valence-electron chi connectivity index (χ2n) is 5.46. The van der Waals surface area contributed by atoms with Crippen molar-refractivity contribution < 1.29 is 0 Å². The van der Waals surface area contributed by atoms with E-state index >= 15 is 0 Å². The van der Waals surface area contributed by atoms with Gasteiger partial charge in [-0.05, 0) is 41.7 Å². The number of nitrogens with zero attached hydrogens (tertiary/aromatic N) is 1. The lowest BCUT2D eigenvalue weighted by Gasteiger charge is -2.36. The highest BCUT2D eigenvalue weighted by molar-refractivity contribution is 6.31. The molecule has 3 rings (SSSR count). The van der Waals surface area contributed by atoms with Gasteiger partial charge < -0.3 is 4.90 Å². The van der Waals surface area contributed by atoms with Gasteiger partial charge in [-0.3, -0.25) is 0 Å². The summed E-state index contributed by atoms with van der Waals surface area (Å²) < 4.78 is 0. The molecule has 3 heteroatoms. The molecule has 104 valence electrons. The van der Waals surface area contributed by atoms with E-state index in [0.29, 0.717) is 11.8 Å². The normalized spacial score (nSPS) is 17.9. The van der Waals surface area contributed by atoms with Crippen molar-refractivity contribution in [3.05, 3.63) is 58.6 Å². The molecular formula is C17H17Cl2N. The molecule has 0 spiro atoms. The highest BCUT2D eigenvalue weighted by atomic mass is 35.5. The standard InChI is InChI=1S/C17H17Cl2N/c1-12-8-13-4-2-3-5-16(13)20(11-12)17-9-15(19)7-6-14(17)10-18/h2-7,9,12H,8,10-11H2,1H3. The predicted molar refractivity (Wildman–Crippen MR) is 87.3 cm³/mol. The fourth-order valence-corrected chi connectivity index (χ4v) is 3.32. The van der Waals surface area contributed by atoms with Crippen molar-refractivity contribution >= 4 is 34.6 Å². The van der Waals surface area contributed by atoms with E-state index in [0.717, 1.165) is 29.2 Å². The second-order valence-corrected chi connectivity index (χ2v) is 6.16. The van der Waals surface area contributed by atoms with Crippen molar-refractivity contribution in [1.29, 1.82) is 0 Å². The summed E-state index contributed by atoms with van der Waals surface area (Å²) in [4.78, 5) is 2.35. The van der Waals surface area contributed by atoms with E-state index in [1.54, 1.807) is 0 Å². The molecule has 20 heavy (non-hydrogen) atoms. The largest absolute Gasteiger partial charge is 0.341 e. The molecule has 1 heterocycles. The first-order valence-corrected chi connectivity index (χ1v) is 7.80. The number of hydrogen-bond acceptors (Lipinski definition) is 1. The molecule has 1 aliphatic heterocycles. The fraction of sp³-hybridized carbons (Fsp3) is 0.294. The maximum Gasteiger partial charge on any atom is 0.0494 e. The Morgan fingerprint density at radius 2 is 1.95 bits per heavy atom. The number of fused-ring (bicyclic) bond motifs is 1. The molecule has 0 amide bonds. The van der Waals surface area contributed by atoms with E-state index in [1.807, 2.05) is 18.2 Å². The zero-order chi connectivity index (χ0) is 14.1. The Kier molecular flexibility index (Phi) is 3.91. The van der Waals surface area contributed by atoms with Crippen molar-refractivity contribution in [2.45, 2.75) is 19.2 Å². The number of para-hydroxylation sites is 1. The third-order valence-corrected chi connectivity index (χ3v) is 4.35. The van der Waals surface area contributed by atoms with Crippen LogP contribution in [0.1, 0.15) is 18.1 Å². The van der Waals surface area contributed by atoms with Crippen LogP contribution in [-0.2, 0) is 12.3 Å². The third kappa shape index (κ3) is 2.53. The van der Waals surface area contributed by atoms with Gasteiger partial charge in [0.05, 0.1) is 0 Å². The summed E-state index contributed by atoms with van der Waals surface area (Å²) in [6.45, 7) is 3.29. The maximum absolute atomic E-state index is 6.19. The van der Waals surface area contributed by atoms with Crippen molar-refractivity contribution in [1.82, 2.24) is 0 Å². The monoisotopic (exact) mass is 305 g/mol. The van der Waals surface area contributed by atoms with Crippen LogP contribution in [0.2, 0.25) is 5.02 Å². The topological polar surface area (TPSA) is 3.24 Å². The summed E-state index contributed by atoms with van der Waals surface area (Å²) in [6.07, 6.45) is 1.13. The quantitative estimate of drug-likeness (QED) is 0.671. The van der Waals surface area contributed by atoms with Crippen LogP contribution in [0.25, 0.3) is 0 Å². The molecule has 0 bridgehead atoms. The van der Waals surface area contributed by atoms with Crippen molar-refractivity contribution in [2.75, 3.05) is 11.4 Å². The SMILES string of the molecule is CC1Cc2ccccc2N(c2cc(Cl)ccc2CCl)C1. The van der Waals surface area contributed by atoms with Crippen LogP contribution < -0.4 is 4.90 Å². The first-order valence-electron chi connectivity index (χ1n) is 6.89. The third-order valence-electron chi connectivity index (χ3n) is 3.83. The summed E-state index contributed by atoms with van der Waals surface area (Å²) in [6, 6.07) is 14.5. The Bertz CT molecular complexity index is 624. The molecule has 0 fully saturated rings. The molecule has 0 N–H and O–H groups in total. The second kappa shape index (κ2) is 5.67. The average molecular weight is 306 g/mol. The Labute approximate surface area is 130 Å². The summed E-state index contributed by atoms with van der Waals surface area (Å²) in [5.41, 5.74) is 4.93. The van der Waals surface area contributed by atoms with Gasteiger partial charge in [0.25, 0.3) is 0 Å². The van der Waals surface area contributed by atoms with Gasteiger partial charge >= 0.3 is 0 Å². The highest BCUT2D eigenvalue weighted by Gasteiger charge is 2.24. The van der Waals surface area contributed by atoms with E-state index < -0.39 is 0 Å². The Morgan fingerprint density at radius 3 is 2.75 bits per heavy atom. The van der Waals surface area contributed by atoms with Crippen molar-refractivity contribution in [3.63, 3.8) is 0 Å². The first kappa shape index (κ1) is 13.8. The fourth-order valence-electron chi connectivity index (χ4n) is 2.93. The molecule has 1 atom stereocenters. The van der Waals surface area contributed by atoms with Gasteiger partial charge in [0, 0.05) is 28.8 Å². The molecule has 0 radical (unpaired) electrons. The molecule has 1 aliphatic rings. The van der Waals surface area contributed by atoms with Gasteiger partial charge in [-0.1, -0.05) is 42.8 Å². The van der Waals surface area contributed by atoms with Crippen LogP contribution in [0.3, 0.4) is 0 Å². The molecular weight excluding hydrogens is 289 g/mol. The summed E-state index contributed by atoms with van der Waals surface area (Å²) in [5, 5.41) is 0.754. The summed E-state index contributed by atoms with van der Waals surface area (Å²) >= 11 is 12.3. The minimum atomic E-state index is 0.500. The Balaban J connectivity index is 2.13. The molecule has 2 aromatic rings. The molecule has 0 saturated heterocycles. The van der Waals surface area contributed by atoms with Crippen molar-refractivity contribution in [3.8, 4) is 0 Å². The van der Waals surface area contributed by atoms with Gasteiger partial charge in [0.15, 0.2) is 0 Å². The van der Waals surface area contributed by atoms with E-state index in [4.69, 9.17) is 23.2 Å². The van der Waals surface area contributed by atoms with Gasteiger partial charge in [0.2, 0.25) is 0 Å². The molecule has 0 aromatic heterocycles. The van der Waals surface area contributed by atoms with E-state index in [9.17, 15) is 0 Å².